The van der Waals surface area contributed by atoms with Gasteiger partial charge >= 0.3 is 0 Å². The summed E-state index contributed by atoms with van der Waals surface area (Å²) in [5.74, 6) is 1.65. The van der Waals surface area contributed by atoms with Gasteiger partial charge in [-0.3, -0.25) is 9.59 Å². The number of carbonyl (C=O) groups excluding carboxylic acids is 2. The van der Waals surface area contributed by atoms with Crippen molar-refractivity contribution in [1.29, 1.82) is 0 Å². The molecule has 0 aliphatic heterocycles. The van der Waals surface area contributed by atoms with Crippen LogP contribution in [-0.2, 0) is 110 Å². The molecule has 0 unspecified atom stereocenters. The molecule has 0 fully saturated rings. The maximum absolute atomic E-state index is 11.0. The van der Waals surface area contributed by atoms with E-state index in [2.05, 4.69) is 193 Å². The zero-order chi connectivity index (χ0) is 94.2. The fraction of sp³-hybridized carbons (Fsp3) is 0.144. The Balaban J connectivity index is 0.000000193. The van der Waals surface area contributed by atoms with Crippen LogP contribution in [0.2, 0.25) is 0 Å². The van der Waals surface area contributed by atoms with Gasteiger partial charge in [-0.2, -0.15) is 0 Å². The van der Waals surface area contributed by atoms with Gasteiger partial charge in [-0.05, 0) is 102 Å². The number of allylic oxidation sites excluding steroid dienone is 4. The van der Waals surface area contributed by atoms with Crippen LogP contribution in [0.4, 0.5) is 0 Å². The molecule has 0 bridgehead atoms. The van der Waals surface area contributed by atoms with Crippen LogP contribution in [0.5, 0.6) is 0 Å². The maximum Gasteiger partial charge on any atom is 0.161 e. The van der Waals surface area contributed by atoms with Crippen molar-refractivity contribution < 1.29 is 143 Å². The van der Waals surface area contributed by atoms with Crippen molar-refractivity contribution in [2.75, 3.05) is 0 Å². The Morgan fingerprint density at radius 3 is 1.02 bits per heavy atom. The van der Waals surface area contributed by atoms with Crippen LogP contribution < -0.4 is 0 Å². The first-order chi connectivity index (χ1) is 65.1. The summed E-state index contributed by atoms with van der Waals surface area (Å²) in [5, 5.41) is 48.0. The Morgan fingerprint density at radius 2 is 0.626 bits per heavy atom. The molecule has 139 heavy (non-hydrogen) atoms. The summed E-state index contributed by atoms with van der Waals surface area (Å²) in [5.41, 5.74) is 21.3. The van der Waals surface area contributed by atoms with E-state index in [1.165, 1.54) is 58.8 Å². The van der Waals surface area contributed by atoms with Gasteiger partial charge in [-0.1, -0.05) is 220 Å². The second-order valence-electron chi connectivity index (χ2n) is 32.7. The molecular weight excluding hydrogens is 2620 g/mol. The molecule has 0 amide bonds. The van der Waals surface area contributed by atoms with Crippen LogP contribution in [0.25, 0.3) is 155 Å². The molecule has 21 rings (SSSR count). The molecule has 0 saturated carbocycles. The number of rotatable bonds is 14. The minimum Gasteiger partial charge on any atom is -0.512 e. The van der Waals surface area contributed by atoms with Crippen LogP contribution >= 0.6 is 0 Å². The zero-order valence-electron chi connectivity index (χ0n) is 78.5. The summed E-state index contributed by atoms with van der Waals surface area (Å²) < 4.78 is 26.5. The Labute approximate surface area is 879 Å². The van der Waals surface area contributed by atoms with Crippen molar-refractivity contribution in [2.24, 2.45) is 11.8 Å². The monoisotopic (exact) mass is 2730 g/mol. The summed E-state index contributed by atoms with van der Waals surface area (Å²) in [6.45, 7) is 23.3. The number of fused-ring (bicyclic) bond motifs is 7. The first-order valence-electron chi connectivity index (χ1n) is 44.3. The Hall–Kier alpha value is -13.1. The first kappa shape index (κ1) is 111. The van der Waals surface area contributed by atoms with Crippen molar-refractivity contribution in [1.82, 2.24) is 35.8 Å². The molecule has 0 aliphatic carbocycles. The molecule has 7 aromatic heterocycles. The first-order valence-corrected chi connectivity index (χ1v) is 44.3. The van der Waals surface area contributed by atoms with Gasteiger partial charge in [0.2, 0.25) is 0 Å². The SMILES string of the molecule is CC(=O)C=C(C)O.CC(C)C(=O)C=C(O)C(C)C.CC(C)c1cc[c-]c(-c2cc(C(C)C)ccn2)c1.CC(C)c1ccc2c(-c3[c-]cccc3)noc2c1.[Ir].[Ir].[Ir].[Ir].[Ir].[c-]1ccc2ccccc2c1-c1noc2ccccc12.[c-]1ccccc1-c1nccc2ccccc12.[c-]1ccccc1-c1noc2ccccc12.[c-]1ccccc1-c1noc2ccccc12.[c-]1ccccc1-c1noc2ccccc12. The van der Waals surface area contributed by atoms with E-state index in [9.17, 15) is 14.7 Å². The van der Waals surface area contributed by atoms with Gasteiger partial charge in [0.15, 0.2) is 39.5 Å². The number of carbonyl (C=O) groups is 2. The van der Waals surface area contributed by atoms with Crippen molar-refractivity contribution in [3.8, 4) is 78.8 Å². The number of hydrogen-bond donors (Lipinski definition) is 2. The quantitative estimate of drug-likeness (QED) is 0.0585. The Bertz CT molecular complexity index is 7110. The second kappa shape index (κ2) is 56.1. The molecule has 21 heteroatoms. The zero-order valence-corrected chi connectivity index (χ0v) is 90.5. The summed E-state index contributed by atoms with van der Waals surface area (Å²) in [6, 6.07) is 132. The smallest absolute Gasteiger partial charge is 0.161 e. The van der Waals surface area contributed by atoms with Gasteiger partial charge in [0.1, 0.15) is 0 Å². The minimum absolute atomic E-state index is 0. The third-order valence-corrected chi connectivity index (χ3v) is 21.2. The van der Waals surface area contributed by atoms with Gasteiger partial charge in [0.05, 0.1) is 11.5 Å². The van der Waals surface area contributed by atoms with Crippen LogP contribution in [0.1, 0.15) is 118 Å². The van der Waals surface area contributed by atoms with E-state index in [0.29, 0.717) is 17.8 Å². The molecule has 14 aromatic carbocycles. The number of pyridine rings is 2. The molecule has 5 radical (unpaired) electrons. The number of ketones is 2. The van der Waals surface area contributed by atoms with E-state index in [0.717, 1.165) is 139 Å². The molecule has 0 saturated heterocycles. The van der Waals surface area contributed by atoms with Crippen molar-refractivity contribution >= 4 is 88.0 Å². The topological polar surface area (TPSA) is 231 Å². The van der Waals surface area contributed by atoms with Gasteiger partial charge in [0, 0.05) is 192 Å². The second-order valence-corrected chi connectivity index (χ2v) is 32.7. The van der Waals surface area contributed by atoms with Gasteiger partial charge in [-0.25, -0.2) is 0 Å². The van der Waals surface area contributed by atoms with E-state index in [-0.39, 0.29) is 135 Å². The molecule has 7 heterocycles. The molecule has 0 spiro atoms. The number of aromatic nitrogens is 7. The number of para-hydroxylation sites is 4. The van der Waals surface area contributed by atoms with E-state index >= 15 is 0 Å². The Morgan fingerprint density at radius 1 is 0.288 bits per heavy atom. The Kier molecular flexibility index (Phi) is 44.9. The molecule has 0 atom stereocenters. The maximum atomic E-state index is 11.0. The van der Waals surface area contributed by atoms with Crippen LogP contribution in [0.3, 0.4) is 0 Å². The number of nitrogens with zero attached hydrogens (tertiary/aromatic N) is 7. The normalized spacial score (nSPS) is 10.7. The molecule has 21 aromatic rings. The van der Waals surface area contributed by atoms with E-state index in [1.54, 1.807) is 0 Å². The fourth-order valence-corrected chi connectivity index (χ4v) is 13.9. The van der Waals surface area contributed by atoms with E-state index < -0.39 is 0 Å². The van der Waals surface area contributed by atoms with Gasteiger partial charge in [-0.15, -0.1) is 270 Å². The van der Waals surface area contributed by atoms with Crippen molar-refractivity contribution in [3.05, 3.63) is 429 Å². The minimum atomic E-state index is -0.125. The fourth-order valence-electron chi connectivity index (χ4n) is 13.9. The largest absolute Gasteiger partial charge is 0.512 e. The van der Waals surface area contributed by atoms with E-state index in [1.807, 2.05) is 301 Å². The van der Waals surface area contributed by atoms with Crippen molar-refractivity contribution in [2.45, 2.75) is 101 Å². The summed E-state index contributed by atoms with van der Waals surface area (Å²) in [7, 11) is 0. The number of aliphatic hydroxyl groups is 2. The van der Waals surface area contributed by atoms with Crippen molar-refractivity contribution in [3.63, 3.8) is 0 Å². The number of hydrogen-bond acceptors (Lipinski definition) is 16. The molecule has 16 nitrogen and oxygen atoms in total. The number of aliphatic hydroxyl groups excluding tert-OH is 2. The third-order valence-electron chi connectivity index (χ3n) is 21.2. The summed E-state index contributed by atoms with van der Waals surface area (Å²) >= 11 is 0. The molecule has 2 N–H and O–H groups in total. The molecular formula is C118H102Ir5N7O9-7. The number of benzene rings is 14. The van der Waals surface area contributed by atoms with Crippen LogP contribution in [0, 0.1) is 54.3 Å². The van der Waals surface area contributed by atoms with Crippen LogP contribution in [0.15, 0.2) is 392 Å². The summed E-state index contributed by atoms with van der Waals surface area (Å²) in [6.07, 6.45) is 6.22. The predicted molar refractivity (Wildman–Crippen MR) is 538 cm³/mol. The molecule has 715 valence electrons. The average Bonchev–Trinajstić information content (AvgIpc) is 1.71. The van der Waals surface area contributed by atoms with E-state index in [4.69, 9.17) is 27.7 Å². The average molecular weight is 2720 g/mol. The standard InChI is InChI=1S/C17H10NO.C17H20N.C16H14NO.C15H10N.3C13H8NO.C9H16O2.C5H8O2.5Ir/c1-2-8-13-12(6-1)7-5-10-14(13)17-15-9-3-4-11-16(15)19-18-17;1-12(2)14-6-5-7-16(10-14)17-11-15(13(3)4)8-9-18-17;1-11(2)13-8-9-14-15(10-13)18-17-16(14)12-6-4-3-5-7-12;1-2-7-13(8-3-1)15-14-9-5-4-6-12(14)10-11-16-15;3*1-2-6-10(7-3-1)13-11-8-4-5-9-12(11)15-14-13;1-6(2)8(10)5-9(11)7(3)4;1-4(6)3-5(2)7;;;;;/h1-9,11H;5-6,8-13H,1-4H3;3-6,8-11H,1-2H3;1-7,9-11H;3*1-6,8-9H;5-7,10H,1-4H3;3,6H,1-2H3;;;;;/q7*-1;;;;;;;. The predicted octanol–water partition coefficient (Wildman–Crippen LogP) is 30.6. The molecule has 0 aliphatic rings. The van der Waals surface area contributed by atoms with Gasteiger partial charge in [0.25, 0.3) is 0 Å². The van der Waals surface area contributed by atoms with Crippen LogP contribution in [-0.4, -0.2) is 57.5 Å². The van der Waals surface area contributed by atoms with Gasteiger partial charge < -0.3 is 42.8 Å². The summed E-state index contributed by atoms with van der Waals surface area (Å²) in [4.78, 5) is 29.9. The third kappa shape index (κ3) is 31.0.